The van der Waals surface area contributed by atoms with Gasteiger partial charge < -0.3 is 12.0 Å². The third kappa shape index (κ3) is 76.4. The van der Waals surface area contributed by atoms with Crippen LogP contribution >= 0.6 is 0 Å². The fourth-order valence-electron chi connectivity index (χ4n) is 1.49. The Kier molecular flexibility index (Phi) is 36.6. The van der Waals surface area contributed by atoms with Crippen molar-refractivity contribution >= 4 is 10.4 Å². The van der Waals surface area contributed by atoms with Gasteiger partial charge in [-0.2, -0.15) is 14.8 Å². The Morgan fingerprint density at radius 3 is 1.29 bits per heavy atom. The molecule has 0 saturated heterocycles. The fraction of sp³-hybridized carbons (Fsp3) is 0.929. The summed E-state index contributed by atoms with van der Waals surface area (Å²) in [6.07, 6.45) is 13.9. The molecule has 0 aromatic carbocycles. The van der Waals surface area contributed by atoms with E-state index in [-0.39, 0.29) is 36.2 Å². The molecule has 0 aliphatic carbocycles. The second-order valence-electron chi connectivity index (χ2n) is 4.45. The number of aliphatic hydroxyl groups is 1. The van der Waals surface area contributed by atoms with Gasteiger partial charge >= 0.3 is 40.0 Å². The van der Waals surface area contributed by atoms with Crippen molar-refractivity contribution in [1.29, 1.82) is 0 Å². The molecule has 0 unspecified atom stereocenters. The topological polar surface area (TPSA) is 94.8 Å². The largest absolute Gasteiger partial charge is 1.00 e. The summed E-state index contributed by atoms with van der Waals surface area (Å²) in [4.78, 5) is 0. The standard InChI is InChI=1S/C12H25.C2H6O.Na.H2O4S/c1-3-5-7-9-11-12-10-8-6-4-2;1-2-3;;1-5(2,3)4/h1,3-12H2,2H3;3H,2H2,1H3;;(H2,1,2,3,4)/q-1;;+1;. The van der Waals surface area contributed by atoms with Crippen molar-refractivity contribution in [3.8, 4) is 0 Å². The van der Waals surface area contributed by atoms with Crippen molar-refractivity contribution in [2.75, 3.05) is 6.61 Å². The molecule has 0 aliphatic heterocycles. The summed E-state index contributed by atoms with van der Waals surface area (Å²) in [6.45, 7) is 8.05. The van der Waals surface area contributed by atoms with Gasteiger partial charge in [-0.3, -0.25) is 9.11 Å². The first-order valence-corrected chi connectivity index (χ1v) is 8.83. The molecule has 0 bridgehead atoms. The van der Waals surface area contributed by atoms with Crippen molar-refractivity contribution in [1.82, 2.24) is 0 Å². The summed E-state index contributed by atoms with van der Waals surface area (Å²) in [5.74, 6) is 0. The van der Waals surface area contributed by atoms with E-state index in [9.17, 15) is 0 Å². The zero-order valence-electron chi connectivity index (χ0n) is 14.1. The van der Waals surface area contributed by atoms with Crippen LogP contribution in [0, 0.1) is 6.92 Å². The molecule has 0 atom stereocenters. The molecule has 21 heavy (non-hydrogen) atoms. The van der Waals surface area contributed by atoms with Gasteiger partial charge in [0.1, 0.15) is 0 Å². The van der Waals surface area contributed by atoms with E-state index in [2.05, 4.69) is 13.8 Å². The minimum Gasteiger partial charge on any atom is -0.397 e. The molecule has 0 aliphatic rings. The van der Waals surface area contributed by atoms with E-state index in [1.807, 2.05) is 0 Å². The molecule has 3 N–H and O–H groups in total. The van der Waals surface area contributed by atoms with Gasteiger partial charge in [0.15, 0.2) is 0 Å². The molecule has 0 aromatic rings. The van der Waals surface area contributed by atoms with E-state index >= 15 is 0 Å². The summed E-state index contributed by atoms with van der Waals surface area (Å²) in [5.41, 5.74) is 0. The zero-order valence-corrected chi connectivity index (χ0v) is 16.9. The van der Waals surface area contributed by atoms with Gasteiger partial charge in [-0.1, -0.05) is 64.7 Å². The van der Waals surface area contributed by atoms with Crippen molar-refractivity contribution in [3.05, 3.63) is 6.92 Å². The van der Waals surface area contributed by atoms with E-state index in [4.69, 9.17) is 22.6 Å². The van der Waals surface area contributed by atoms with Gasteiger partial charge in [0.05, 0.1) is 0 Å². The molecule has 7 heteroatoms. The van der Waals surface area contributed by atoms with Crippen molar-refractivity contribution in [2.24, 2.45) is 0 Å². The van der Waals surface area contributed by atoms with Crippen LogP contribution in [0.25, 0.3) is 0 Å². The van der Waals surface area contributed by atoms with E-state index in [0.717, 1.165) is 6.42 Å². The number of rotatable bonds is 9. The summed E-state index contributed by atoms with van der Waals surface area (Å²) < 4.78 is 31.6. The maximum atomic E-state index is 8.74. The van der Waals surface area contributed by atoms with Gasteiger partial charge in [-0.05, 0) is 6.92 Å². The third-order valence-corrected chi connectivity index (χ3v) is 2.35. The van der Waals surface area contributed by atoms with E-state index in [1.54, 1.807) is 6.92 Å². The second-order valence-corrected chi connectivity index (χ2v) is 5.34. The molecule has 5 nitrogen and oxygen atoms in total. The Balaban J connectivity index is -0.000000135. The minimum absolute atomic E-state index is 0. The first-order chi connectivity index (χ1) is 9.33. The van der Waals surface area contributed by atoms with Crippen LogP contribution in [0.2, 0.25) is 0 Å². The summed E-state index contributed by atoms with van der Waals surface area (Å²) >= 11 is 0. The maximum Gasteiger partial charge on any atom is 1.00 e. The van der Waals surface area contributed by atoms with Gasteiger partial charge in [-0.15, -0.1) is 0 Å². The molecular weight excluding hydrogens is 303 g/mol. The number of unbranched alkanes of at least 4 members (excludes halogenated alkanes) is 9. The zero-order chi connectivity index (χ0) is 16.3. The first-order valence-electron chi connectivity index (χ1n) is 7.43. The molecule has 0 amide bonds. The van der Waals surface area contributed by atoms with Gasteiger partial charge in [0.25, 0.3) is 0 Å². The summed E-state index contributed by atoms with van der Waals surface area (Å²) in [7, 11) is -4.67. The molecule has 0 heterocycles. The fourth-order valence-corrected chi connectivity index (χ4v) is 1.49. The van der Waals surface area contributed by atoms with Crippen molar-refractivity contribution in [2.45, 2.75) is 78.1 Å². The van der Waals surface area contributed by atoms with E-state index < -0.39 is 10.4 Å². The average Bonchev–Trinajstić information content (AvgIpc) is 2.32. The normalized spacial score (nSPS) is 9.62. The smallest absolute Gasteiger partial charge is 0.397 e. The maximum absolute atomic E-state index is 8.74. The van der Waals surface area contributed by atoms with Crippen LogP contribution in [0.5, 0.6) is 0 Å². The van der Waals surface area contributed by atoms with Crippen LogP contribution in [0.15, 0.2) is 0 Å². The van der Waals surface area contributed by atoms with Crippen LogP contribution in [-0.2, 0) is 10.4 Å². The number of hydrogen-bond acceptors (Lipinski definition) is 3. The van der Waals surface area contributed by atoms with Crippen LogP contribution in [0.1, 0.15) is 78.1 Å². The van der Waals surface area contributed by atoms with Crippen LogP contribution in [0.3, 0.4) is 0 Å². The summed E-state index contributed by atoms with van der Waals surface area (Å²) in [6, 6.07) is 0. The first kappa shape index (κ1) is 29.8. The molecule has 0 fully saturated rings. The molecule has 0 rings (SSSR count). The molecule has 0 saturated carbocycles. The van der Waals surface area contributed by atoms with Crippen molar-refractivity contribution in [3.63, 3.8) is 0 Å². The predicted octanol–water partition coefficient (Wildman–Crippen LogP) is 1.09. The SMILES string of the molecule is CCO.O=S(=O)(O)O.[CH2-]CCCCCCCCCCC.[Na+]. The van der Waals surface area contributed by atoms with Crippen LogP contribution < -0.4 is 29.6 Å². The number of hydrogen-bond donors (Lipinski definition) is 3. The van der Waals surface area contributed by atoms with Crippen molar-refractivity contribution < 1.29 is 52.2 Å². The number of aliphatic hydroxyl groups excluding tert-OH is 1. The van der Waals surface area contributed by atoms with Gasteiger partial charge in [0, 0.05) is 6.61 Å². The Morgan fingerprint density at radius 1 is 0.810 bits per heavy atom. The molecule has 0 radical (unpaired) electrons. The monoisotopic (exact) mass is 336 g/mol. The molecule has 126 valence electrons. The van der Waals surface area contributed by atoms with Gasteiger partial charge in [-0.25, -0.2) is 0 Å². The quantitative estimate of drug-likeness (QED) is 0.254. The van der Waals surface area contributed by atoms with E-state index in [0.29, 0.717) is 0 Å². The average molecular weight is 336 g/mol. The Labute approximate surface area is 153 Å². The van der Waals surface area contributed by atoms with E-state index in [1.165, 1.54) is 57.8 Å². The Hall–Kier alpha value is 0.830. The van der Waals surface area contributed by atoms with Crippen LogP contribution in [-0.4, -0.2) is 29.2 Å². The van der Waals surface area contributed by atoms with Crippen LogP contribution in [0.4, 0.5) is 0 Å². The minimum atomic E-state index is -4.67. The Bertz CT molecular complexity index is 228. The molecule has 0 spiro atoms. The molecule has 0 aromatic heterocycles. The molecular formula is C14H33NaO5S. The second kappa shape index (κ2) is 25.8. The predicted molar refractivity (Wildman–Crippen MR) is 84.1 cm³/mol. The summed E-state index contributed by atoms with van der Waals surface area (Å²) in [5, 5.41) is 7.57. The Morgan fingerprint density at radius 2 is 1.05 bits per heavy atom. The van der Waals surface area contributed by atoms with Gasteiger partial charge in [0.2, 0.25) is 0 Å². The third-order valence-electron chi connectivity index (χ3n) is 2.35.